The van der Waals surface area contributed by atoms with Crippen LogP contribution in [0, 0.1) is 0 Å². The number of rotatable bonds is 7. The first-order chi connectivity index (χ1) is 8.03. The van der Waals surface area contributed by atoms with E-state index >= 15 is 0 Å². The minimum atomic E-state index is -0.870. The molecule has 5 nitrogen and oxygen atoms in total. The second-order valence-electron chi connectivity index (χ2n) is 4.25. The summed E-state index contributed by atoms with van der Waals surface area (Å²) in [6, 6.07) is 0. The Labute approximate surface area is 102 Å². The largest absolute Gasteiger partial charge is 0.477 e. The molecule has 0 fully saturated rings. The lowest BCUT2D eigenvalue weighted by Crippen LogP contribution is -2.59. The number of hydrogen-bond donors (Lipinski definition) is 2. The van der Waals surface area contributed by atoms with Gasteiger partial charge in [-0.15, -0.1) is 6.58 Å². The second-order valence-corrected chi connectivity index (χ2v) is 4.25. The minimum absolute atomic E-state index is 0.0545. The van der Waals surface area contributed by atoms with Crippen LogP contribution in [0.15, 0.2) is 30.0 Å². The van der Waals surface area contributed by atoms with E-state index in [1.54, 1.807) is 12.4 Å². The van der Waals surface area contributed by atoms with Crippen molar-refractivity contribution in [1.82, 2.24) is 0 Å². The van der Waals surface area contributed by atoms with Gasteiger partial charge in [0.05, 0.1) is 6.20 Å². The van der Waals surface area contributed by atoms with E-state index in [9.17, 15) is 4.79 Å². The zero-order valence-corrected chi connectivity index (χ0v) is 10.2. The van der Waals surface area contributed by atoms with Crippen molar-refractivity contribution in [3.63, 3.8) is 0 Å². The van der Waals surface area contributed by atoms with E-state index < -0.39 is 5.97 Å². The van der Waals surface area contributed by atoms with E-state index in [4.69, 9.17) is 10.8 Å². The molecule has 0 aromatic carbocycles. The van der Waals surface area contributed by atoms with Crippen LogP contribution in [0.25, 0.3) is 0 Å². The Morgan fingerprint density at radius 3 is 3.00 bits per heavy atom. The van der Waals surface area contributed by atoms with Crippen molar-refractivity contribution in [3.05, 3.63) is 25.1 Å². The molecule has 5 heteroatoms. The van der Waals surface area contributed by atoms with Gasteiger partial charge in [0, 0.05) is 13.3 Å². The maximum Gasteiger partial charge on any atom is 0.360 e. The standard InChI is InChI=1S/C12H19N3O2/c1-3-4-5-6-11-14-7-8-15(11,10(2)13)9-12(16)17/h3,7-8,10H,1,4-6,9,13H2,2H3/p+1. The molecule has 0 aromatic rings. The highest BCUT2D eigenvalue weighted by atomic mass is 16.4. The molecule has 0 aliphatic carbocycles. The molecule has 3 N–H and O–H groups in total. The number of allylic oxidation sites excluding steroid dienone is 1. The van der Waals surface area contributed by atoms with Crippen LogP contribution in [-0.2, 0) is 4.79 Å². The fourth-order valence-electron chi connectivity index (χ4n) is 1.99. The number of carbonyl (C=O) groups is 1. The molecular weight excluding hydrogens is 218 g/mol. The molecule has 1 aliphatic heterocycles. The second kappa shape index (κ2) is 5.75. The number of nitrogens with two attached hydrogens (primary N) is 1. The summed E-state index contributed by atoms with van der Waals surface area (Å²) in [4.78, 5) is 15.2. The Bertz CT molecular complexity index is 361. The molecule has 0 spiro atoms. The quantitative estimate of drug-likeness (QED) is 0.400. The smallest absolute Gasteiger partial charge is 0.360 e. The first-order valence-electron chi connectivity index (χ1n) is 5.73. The summed E-state index contributed by atoms with van der Waals surface area (Å²) in [5, 5.41) is 9.00. The van der Waals surface area contributed by atoms with Gasteiger partial charge in [-0.2, -0.15) is 0 Å². The predicted molar refractivity (Wildman–Crippen MR) is 67.0 cm³/mol. The Morgan fingerprint density at radius 1 is 1.76 bits per heavy atom. The zero-order valence-electron chi connectivity index (χ0n) is 10.2. The van der Waals surface area contributed by atoms with Crippen LogP contribution in [-0.4, -0.2) is 34.1 Å². The van der Waals surface area contributed by atoms with E-state index in [-0.39, 0.29) is 17.2 Å². The number of aliphatic imine (C=N–C) groups is 1. The fourth-order valence-corrected chi connectivity index (χ4v) is 1.99. The van der Waals surface area contributed by atoms with Gasteiger partial charge in [-0.25, -0.2) is 14.3 Å². The number of nitrogens with zero attached hydrogens (tertiary/aromatic N) is 2. The summed E-state index contributed by atoms with van der Waals surface area (Å²) in [6.45, 7) is 5.42. The number of aliphatic carboxylic acids is 1. The minimum Gasteiger partial charge on any atom is -0.477 e. The van der Waals surface area contributed by atoms with Gasteiger partial charge in [0.15, 0.2) is 6.54 Å². The summed E-state index contributed by atoms with van der Waals surface area (Å²) >= 11 is 0. The fraction of sp³-hybridized carbons (Fsp3) is 0.500. The lowest BCUT2D eigenvalue weighted by atomic mass is 10.1. The van der Waals surface area contributed by atoms with Gasteiger partial charge in [0.2, 0.25) is 5.84 Å². The molecule has 1 rings (SSSR count). The van der Waals surface area contributed by atoms with E-state index in [0.29, 0.717) is 0 Å². The number of hydrogen-bond acceptors (Lipinski definition) is 3. The van der Waals surface area contributed by atoms with Crippen LogP contribution in [0.3, 0.4) is 0 Å². The van der Waals surface area contributed by atoms with Gasteiger partial charge >= 0.3 is 5.97 Å². The van der Waals surface area contributed by atoms with Crippen LogP contribution in [0.4, 0.5) is 0 Å². The molecular formula is C12H20N3O2+. The van der Waals surface area contributed by atoms with Gasteiger partial charge in [-0.3, -0.25) is 5.73 Å². The maximum atomic E-state index is 11.0. The number of quaternary nitrogens is 1. The molecule has 0 saturated carbocycles. The molecule has 2 atom stereocenters. The predicted octanol–water partition coefficient (Wildman–Crippen LogP) is 1.43. The van der Waals surface area contributed by atoms with Crippen LogP contribution in [0.2, 0.25) is 0 Å². The van der Waals surface area contributed by atoms with Gasteiger partial charge in [-0.1, -0.05) is 6.08 Å². The highest BCUT2D eigenvalue weighted by Crippen LogP contribution is 2.22. The van der Waals surface area contributed by atoms with Crippen LogP contribution in [0.1, 0.15) is 26.2 Å². The summed E-state index contributed by atoms with van der Waals surface area (Å²) in [6.07, 6.45) is 7.50. The first kappa shape index (κ1) is 13.6. The average molecular weight is 238 g/mol. The molecule has 0 radical (unpaired) electrons. The Balaban J connectivity index is 2.81. The number of unbranched alkanes of at least 4 members (excludes halogenated alkanes) is 1. The highest BCUT2D eigenvalue weighted by molar-refractivity contribution is 5.81. The number of carboxylic acids is 1. The van der Waals surface area contributed by atoms with Crippen molar-refractivity contribution in [2.45, 2.75) is 32.4 Å². The highest BCUT2D eigenvalue weighted by Gasteiger charge is 2.40. The van der Waals surface area contributed by atoms with E-state index in [2.05, 4.69) is 11.6 Å². The lowest BCUT2D eigenvalue weighted by molar-refractivity contribution is -0.805. The first-order valence-corrected chi connectivity index (χ1v) is 5.73. The molecule has 0 saturated heterocycles. The third-order valence-corrected chi connectivity index (χ3v) is 2.97. The molecule has 17 heavy (non-hydrogen) atoms. The number of amidine groups is 1. The zero-order chi connectivity index (χ0) is 12.9. The summed E-state index contributed by atoms with van der Waals surface area (Å²) < 4.78 is 0.131. The SMILES string of the molecule is C=CCCCC1=NC=C[N+]1(CC(=O)O)C(C)N. The Morgan fingerprint density at radius 2 is 2.47 bits per heavy atom. The molecule has 0 bridgehead atoms. The van der Waals surface area contributed by atoms with Crippen molar-refractivity contribution in [3.8, 4) is 0 Å². The lowest BCUT2D eigenvalue weighted by Gasteiger charge is -2.34. The monoisotopic (exact) mass is 238 g/mol. The Hall–Kier alpha value is -1.46. The van der Waals surface area contributed by atoms with E-state index in [1.807, 2.05) is 13.0 Å². The molecule has 1 aliphatic rings. The normalized spacial score (nSPS) is 24.5. The summed E-state index contributed by atoms with van der Waals surface area (Å²) in [7, 11) is 0. The van der Waals surface area contributed by atoms with Crippen molar-refractivity contribution in [1.29, 1.82) is 0 Å². The van der Waals surface area contributed by atoms with Crippen molar-refractivity contribution < 1.29 is 14.4 Å². The maximum absolute atomic E-state index is 11.0. The average Bonchev–Trinajstić information content (AvgIpc) is 2.62. The van der Waals surface area contributed by atoms with Crippen LogP contribution < -0.4 is 5.73 Å². The third-order valence-electron chi connectivity index (χ3n) is 2.97. The van der Waals surface area contributed by atoms with Crippen molar-refractivity contribution in [2.75, 3.05) is 6.54 Å². The van der Waals surface area contributed by atoms with E-state index in [0.717, 1.165) is 25.1 Å². The molecule has 2 unspecified atom stereocenters. The molecule has 94 valence electrons. The van der Waals surface area contributed by atoms with E-state index in [1.165, 1.54) is 0 Å². The van der Waals surface area contributed by atoms with Crippen LogP contribution in [0.5, 0.6) is 0 Å². The van der Waals surface area contributed by atoms with Gasteiger partial charge in [0.1, 0.15) is 12.4 Å². The van der Waals surface area contributed by atoms with Gasteiger partial charge in [0.25, 0.3) is 0 Å². The van der Waals surface area contributed by atoms with Gasteiger partial charge in [-0.05, 0) is 12.8 Å². The van der Waals surface area contributed by atoms with Gasteiger partial charge < -0.3 is 5.11 Å². The van der Waals surface area contributed by atoms with Crippen LogP contribution >= 0.6 is 0 Å². The Kier molecular flexibility index (Phi) is 4.60. The molecule has 0 aromatic heterocycles. The topological polar surface area (TPSA) is 75.7 Å². The third kappa shape index (κ3) is 3.01. The molecule has 1 heterocycles. The van der Waals surface area contributed by atoms with Crippen molar-refractivity contribution in [2.24, 2.45) is 10.7 Å². The summed E-state index contributed by atoms with van der Waals surface area (Å²) in [5.74, 6) is -0.0467. The molecule has 0 amide bonds. The van der Waals surface area contributed by atoms with Crippen molar-refractivity contribution >= 4 is 11.8 Å². The summed E-state index contributed by atoms with van der Waals surface area (Å²) in [5.41, 5.74) is 5.93. The number of carboxylic acid groups (broad SMARTS) is 1.